The molecule has 1 unspecified atom stereocenters. The average Bonchev–Trinajstić information content (AvgIpc) is 2.38. The summed E-state index contributed by atoms with van der Waals surface area (Å²) >= 11 is 6.04. The number of hydrogen-bond donors (Lipinski definition) is 1. The maximum Gasteiger partial charge on any atom is 0.251 e. The van der Waals surface area contributed by atoms with Crippen LogP contribution in [0.3, 0.4) is 0 Å². The molecule has 0 aliphatic rings. The molecule has 0 bridgehead atoms. The van der Waals surface area contributed by atoms with E-state index >= 15 is 0 Å². The van der Waals surface area contributed by atoms with Gasteiger partial charge >= 0.3 is 0 Å². The van der Waals surface area contributed by atoms with Crippen molar-refractivity contribution in [1.29, 1.82) is 0 Å². The van der Waals surface area contributed by atoms with Crippen molar-refractivity contribution >= 4 is 17.5 Å². The number of carbonyl (C=O) groups is 1. The number of carbonyl (C=O) groups excluding carboxylic acids is 1. The topological polar surface area (TPSA) is 38.3 Å². The zero-order chi connectivity index (χ0) is 15.2. The highest BCUT2D eigenvalue weighted by molar-refractivity contribution is 6.20. The molecule has 1 rings (SSSR count). The van der Waals surface area contributed by atoms with E-state index in [1.54, 1.807) is 7.11 Å². The van der Waals surface area contributed by atoms with Crippen molar-refractivity contribution in [2.24, 2.45) is 0 Å². The van der Waals surface area contributed by atoms with E-state index in [1.165, 1.54) is 0 Å². The molecular formula is C16H24ClNO2. The van der Waals surface area contributed by atoms with E-state index in [4.69, 9.17) is 16.3 Å². The van der Waals surface area contributed by atoms with E-state index in [2.05, 4.69) is 26.1 Å². The Hall–Kier alpha value is -1.06. The van der Waals surface area contributed by atoms with Crippen LogP contribution in [-0.4, -0.2) is 31.5 Å². The molecule has 0 saturated heterocycles. The van der Waals surface area contributed by atoms with Gasteiger partial charge in [0.2, 0.25) is 0 Å². The molecule has 1 N–H and O–H groups in total. The molecule has 0 saturated carbocycles. The van der Waals surface area contributed by atoms with E-state index in [0.717, 1.165) is 11.1 Å². The Morgan fingerprint density at radius 1 is 1.35 bits per heavy atom. The third-order valence-electron chi connectivity index (χ3n) is 3.07. The zero-order valence-corrected chi connectivity index (χ0v) is 13.5. The fraction of sp³-hybridized carbons (Fsp3) is 0.562. The normalized spacial score (nSPS) is 13.1. The molecule has 1 atom stereocenters. The Kier molecular flexibility index (Phi) is 6.50. The van der Waals surface area contributed by atoms with Crippen molar-refractivity contribution in [3.8, 4) is 0 Å². The van der Waals surface area contributed by atoms with Crippen LogP contribution >= 0.6 is 11.6 Å². The van der Waals surface area contributed by atoms with Gasteiger partial charge in [0.15, 0.2) is 0 Å². The van der Waals surface area contributed by atoms with E-state index < -0.39 is 0 Å². The van der Waals surface area contributed by atoms with Crippen LogP contribution in [0.4, 0.5) is 0 Å². The summed E-state index contributed by atoms with van der Waals surface area (Å²) in [5, 5.41) is 2.85. The number of amides is 1. The van der Waals surface area contributed by atoms with Crippen molar-refractivity contribution in [3.05, 3.63) is 35.4 Å². The Bertz CT molecular complexity index is 440. The maximum atomic E-state index is 12.3. The van der Waals surface area contributed by atoms with Gasteiger partial charge in [0.05, 0.1) is 12.0 Å². The third-order valence-corrected chi connectivity index (χ3v) is 3.41. The molecule has 0 radical (unpaired) electrons. The van der Waals surface area contributed by atoms with Gasteiger partial charge in [-0.2, -0.15) is 0 Å². The molecule has 4 heteroatoms. The van der Waals surface area contributed by atoms with Crippen molar-refractivity contribution < 1.29 is 9.53 Å². The summed E-state index contributed by atoms with van der Waals surface area (Å²) < 4.78 is 4.96. The van der Waals surface area contributed by atoms with Crippen LogP contribution in [0.5, 0.6) is 0 Å². The number of methoxy groups -OCH3 is 1. The largest absolute Gasteiger partial charge is 0.383 e. The lowest BCUT2D eigenvalue weighted by Crippen LogP contribution is -2.29. The van der Waals surface area contributed by atoms with Crippen molar-refractivity contribution in [2.75, 3.05) is 20.3 Å². The lowest BCUT2D eigenvalue weighted by atomic mass is 9.83. The summed E-state index contributed by atoms with van der Waals surface area (Å²) in [5.41, 5.74) is 1.73. The number of rotatable bonds is 6. The van der Waals surface area contributed by atoms with Gasteiger partial charge in [0.25, 0.3) is 5.91 Å². The van der Waals surface area contributed by atoms with Crippen LogP contribution in [0.15, 0.2) is 24.3 Å². The number of alkyl halides is 1. The molecule has 0 aliphatic carbocycles. The van der Waals surface area contributed by atoms with Crippen molar-refractivity contribution in [1.82, 2.24) is 5.32 Å². The quantitative estimate of drug-likeness (QED) is 0.818. The highest BCUT2D eigenvalue weighted by Crippen LogP contribution is 2.25. The van der Waals surface area contributed by atoms with E-state index in [9.17, 15) is 4.79 Å². The second-order valence-electron chi connectivity index (χ2n) is 5.89. The summed E-state index contributed by atoms with van der Waals surface area (Å²) in [4.78, 5) is 12.3. The van der Waals surface area contributed by atoms with Gasteiger partial charge in [-0.1, -0.05) is 39.0 Å². The summed E-state index contributed by atoms with van der Waals surface area (Å²) in [6, 6.07) is 7.72. The molecule has 0 aliphatic heterocycles. The number of hydrogen-bond acceptors (Lipinski definition) is 2. The zero-order valence-electron chi connectivity index (χ0n) is 12.7. The first kappa shape index (κ1) is 17.0. The Balaban J connectivity index is 2.65. The lowest BCUT2D eigenvalue weighted by Gasteiger charge is -2.22. The van der Waals surface area contributed by atoms with Crippen LogP contribution in [-0.2, 0) is 10.2 Å². The molecule has 20 heavy (non-hydrogen) atoms. The molecule has 112 valence electrons. The monoisotopic (exact) mass is 297 g/mol. The molecule has 1 amide bonds. The number of halogens is 1. The second kappa shape index (κ2) is 7.65. The minimum absolute atomic E-state index is 0.0446. The predicted octanol–water partition coefficient (Wildman–Crippen LogP) is 3.36. The fourth-order valence-corrected chi connectivity index (χ4v) is 2.27. The lowest BCUT2D eigenvalue weighted by molar-refractivity contribution is 0.0949. The van der Waals surface area contributed by atoms with Gasteiger partial charge in [-0.25, -0.2) is 0 Å². The molecule has 0 fully saturated rings. The van der Waals surface area contributed by atoms with Gasteiger partial charge in [-0.15, -0.1) is 11.6 Å². The van der Waals surface area contributed by atoms with E-state index in [1.807, 2.05) is 24.3 Å². The number of nitrogens with one attached hydrogen (secondary N) is 1. The Morgan fingerprint density at radius 2 is 2.00 bits per heavy atom. The van der Waals surface area contributed by atoms with Crippen LogP contribution in [0, 0.1) is 0 Å². The minimum Gasteiger partial charge on any atom is -0.383 e. The molecule has 0 spiro atoms. The van der Waals surface area contributed by atoms with Crippen LogP contribution in [0.1, 0.15) is 43.1 Å². The summed E-state index contributed by atoms with van der Waals surface area (Å²) in [7, 11) is 1.62. The molecule has 1 aromatic rings. The Labute approximate surface area is 126 Å². The highest BCUT2D eigenvalue weighted by Gasteiger charge is 2.20. The van der Waals surface area contributed by atoms with Crippen molar-refractivity contribution in [2.45, 2.75) is 38.0 Å². The smallest absolute Gasteiger partial charge is 0.251 e. The summed E-state index contributed by atoms with van der Waals surface area (Å²) in [6.07, 6.45) is 0.693. The van der Waals surface area contributed by atoms with E-state index in [0.29, 0.717) is 19.6 Å². The molecular weight excluding hydrogens is 274 g/mol. The van der Waals surface area contributed by atoms with Crippen molar-refractivity contribution in [3.63, 3.8) is 0 Å². The predicted molar refractivity (Wildman–Crippen MR) is 83.6 cm³/mol. The minimum atomic E-state index is -0.0711. The van der Waals surface area contributed by atoms with Crippen LogP contribution < -0.4 is 5.32 Å². The first-order chi connectivity index (χ1) is 9.36. The molecule has 1 aromatic carbocycles. The van der Waals surface area contributed by atoms with Crippen LogP contribution in [0.25, 0.3) is 0 Å². The fourth-order valence-electron chi connectivity index (χ4n) is 2.04. The standard InChI is InChI=1S/C16H24ClNO2/c1-16(2,3)14-8-6-5-7-13(14)15(19)18-10-9-12(17)11-20-4/h5-8,12H,9-11H2,1-4H3,(H,18,19). The van der Waals surface area contributed by atoms with Gasteiger partial charge in [0, 0.05) is 19.2 Å². The average molecular weight is 298 g/mol. The Morgan fingerprint density at radius 3 is 2.60 bits per heavy atom. The summed E-state index contributed by atoms with van der Waals surface area (Å²) in [6.45, 7) is 7.36. The van der Waals surface area contributed by atoms with Gasteiger partial charge in [-0.3, -0.25) is 4.79 Å². The molecule has 0 aromatic heterocycles. The van der Waals surface area contributed by atoms with Gasteiger partial charge in [-0.05, 0) is 23.5 Å². The van der Waals surface area contributed by atoms with Gasteiger partial charge in [0.1, 0.15) is 0 Å². The molecule has 0 heterocycles. The first-order valence-corrected chi connectivity index (χ1v) is 7.30. The third kappa shape index (κ3) is 5.14. The number of benzene rings is 1. The first-order valence-electron chi connectivity index (χ1n) is 6.87. The molecule has 3 nitrogen and oxygen atoms in total. The highest BCUT2D eigenvalue weighted by atomic mass is 35.5. The SMILES string of the molecule is COCC(Cl)CCNC(=O)c1ccccc1C(C)(C)C. The number of ether oxygens (including phenoxy) is 1. The van der Waals surface area contributed by atoms with Gasteiger partial charge < -0.3 is 10.1 Å². The summed E-state index contributed by atoms with van der Waals surface area (Å²) in [5.74, 6) is -0.0446. The van der Waals surface area contributed by atoms with Crippen LogP contribution in [0.2, 0.25) is 0 Å². The second-order valence-corrected chi connectivity index (χ2v) is 6.51. The van der Waals surface area contributed by atoms with E-state index in [-0.39, 0.29) is 16.7 Å². The maximum absolute atomic E-state index is 12.3.